The topological polar surface area (TPSA) is 57.6 Å². The summed E-state index contributed by atoms with van der Waals surface area (Å²) in [6.45, 7) is 0.684. The quantitative estimate of drug-likeness (QED) is 0.765. The molecule has 4 nitrogen and oxygen atoms in total. The van der Waals surface area contributed by atoms with Crippen molar-refractivity contribution in [1.29, 1.82) is 0 Å². The summed E-state index contributed by atoms with van der Waals surface area (Å²) in [7, 11) is 1.77. The zero-order chi connectivity index (χ0) is 13.3. The van der Waals surface area contributed by atoms with Crippen LogP contribution in [-0.2, 0) is 9.59 Å². The maximum atomic E-state index is 12.4. The fourth-order valence-electron chi connectivity index (χ4n) is 3.09. The number of amides is 1. The van der Waals surface area contributed by atoms with E-state index in [-0.39, 0.29) is 23.7 Å². The van der Waals surface area contributed by atoms with Crippen molar-refractivity contribution in [3.05, 3.63) is 12.2 Å². The first-order chi connectivity index (χ1) is 8.56. The molecule has 4 unspecified atom stereocenters. The molecule has 2 aliphatic carbocycles. The van der Waals surface area contributed by atoms with Crippen molar-refractivity contribution < 1.29 is 14.7 Å². The minimum absolute atomic E-state index is 0.00620. The highest BCUT2D eigenvalue weighted by Gasteiger charge is 2.52. The summed E-state index contributed by atoms with van der Waals surface area (Å²) in [5.41, 5.74) is 0. The standard InChI is InChI=1S/C13H19NO3S/c1-14(5-6-18-2)12(15)10-8-3-4-9(7-8)11(10)13(16)17/h3-4,8-11H,5-7H2,1-2H3,(H,16,17). The van der Waals surface area contributed by atoms with E-state index < -0.39 is 11.9 Å². The molecule has 2 aliphatic rings. The maximum absolute atomic E-state index is 12.4. The monoisotopic (exact) mass is 269 g/mol. The van der Waals surface area contributed by atoms with Gasteiger partial charge >= 0.3 is 5.97 Å². The van der Waals surface area contributed by atoms with E-state index in [1.54, 1.807) is 23.7 Å². The molecule has 1 N–H and O–H groups in total. The van der Waals surface area contributed by atoms with Gasteiger partial charge in [0.15, 0.2) is 0 Å². The van der Waals surface area contributed by atoms with E-state index in [2.05, 4.69) is 0 Å². The van der Waals surface area contributed by atoms with Gasteiger partial charge in [-0.2, -0.15) is 11.8 Å². The van der Waals surface area contributed by atoms with Crippen molar-refractivity contribution in [2.45, 2.75) is 6.42 Å². The zero-order valence-electron chi connectivity index (χ0n) is 10.7. The summed E-state index contributed by atoms with van der Waals surface area (Å²) in [6, 6.07) is 0. The van der Waals surface area contributed by atoms with Gasteiger partial charge < -0.3 is 10.0 Å². The highest BCUT2D eigenvalue weighted by Crippen LogP contribution is 2.48. The highest BCUT2D eigenvalue weighted by atomic mass is 32.2. The van der Waals surface area contributed by atoms with E-state index in [0.29, 0.717) is 6.54 Å². The minimum Gasteiger partial charge on any atom is -0.481 e. The Morgan fingerprint density at radius 2 is 1.94 bits per heavy atom. The Morgan fingerprint density at radius 3 is 2.50 bits per heavy atom. The number of carboxylic acids is 1. The van der Waals surface area contributed by atoms with Crippen LogP contribution in [0.3, 0.4) is 0 Å². The van der Waals surface area contributed by atoms with Gasteiger partial charge in [-0.15, -0.1) is 0 Å². The van der Waals surface area contributed by atoms with Gasteiger partial charge in [0.25, 0.3) is 0 Å². The third kappa shape index (κ3) is 2.28. The van der Waals surface area contributed by atoms with Crippen LogP contribution in [-0.4, -0.2) is 47.5 Å². The van der Waals surface area contributed by atoms with E-state index in [9.17, 15) is 14.7 Å². The smallest absolute Gasteiger partial charge is 0.307 e. The lowest BCUT2D eigenvalue weighted by molar-refractivity contribution is -0.150. The molecule has 0 aromatic heterocycles. The molecule has 18 heavy (non-hydrogen) atoms. The fourth-order valence-corrected chi connectivity index (χ4v) is 3.54. The van der Waals surface area contributed by atoms with Crippen LogP contribution >= 0.6 is 11.8 Å². The molecule has 0 aliphatic heterocycles. The Balaban J connectivity index is 2.09. The molecule has 1 fully saturated rings. The van der Waals surface area contributed by atoms with E-state index >= 15 is 0 Å². The lowest BCUT2D eigenvalue weighted by Gasteiger charge is -2.28. The van der Waals surface area contributed by atoms with Gasteiger partial charge in [-0.25, -0.2) is 0 Å². The lowest BCUT2D eigenvalue weighted by Crippen LogP contribution is -2.41. The van der Waals surface area contributed by atoms with E-state index in [1.807, 2.05) is 18.4 Å². The van der Waals surface area contributed by atoms with Crippen LogP contribution in [0, 0.1) is 23.7 Å². The summed E-state index contributed by atoms with van der Waals surface area (Å²) in [5.74, 6) is -0.655. The number of aliphatic carboxylic acids is 1. The third-order valence-electron chi connectivity index (χ3n) is 4.04. The second-order valence-corrected chi connectivity index (χ2v) is 6.08. The highest BCUT2D eigenvalue weighted by molar-refractivity contribution is 7.98. The van der Waals surface area contributed by atoms with E-state index in [1.165, 1.54) is 0 Å². The van der Waals surface area contributed by atoms with Crippen LogP contribution in [0.2, 0.25) is 0 Å². The molecular formula is C13H19NO3S. The molecule has 2 rings (SSSR count). The number of nitrogens with zero attached hydrogens (tertiary/aromatic N) is 1. The lowest BCUT2D eigenvalue weighted by atomic mass is 9.82. The van der Waals surface area contributed by atoms with Gasteiger partial charge in [-0.05, 0) is 24.5 Å². The number of carbonyl (C=O) groups is 2. The molecule has 0 saturated heterocycles. The summed E-state index contributed by atoms with van der Waals surface area (Å²) in [5, 5.41) is 9.30. The van der Waals surface area contributed by atoms with Gasteiger partial charge in [0, 0.05) is 19.3 Å². The molecule has 100 valence electrons. The molecule has 1 amide bonds. The van der Waals surface area contributed by atoms with Crippen LogP contribution in [0.25, 0.3) is 0 Å². The predicted molar refractivity (Wildman–Crippen MR) is 71.4 cm³/mol. The first kappa shape index (κ1) is 13.5. The largest absolute Gasteiger partial charge is 0.481 e. The minimum atomic E-state index is -0.830. The Morgan fingerprint density at radius 1 is 1.33 bits per heavy atom. The van der Waals surface area contributed by atoms with Crippen molar-refractivity contribution in [3.63, 3.8) is 0 Å². The van der Waals surface area contributed by atoms with Crippen molar-refractivity contribution in [1.82, 2.24) is 4.90 Å². The average molecular weight is 269 g/mol. The van der Waals surface area contributed by atoms with Crippen LogP contribution in [0.15, 0.2) is 12.2 Å². The second kappa shape index (κ2) is 5.34. The van der Waals surface area contributed by atoms with Gasteiger partial charge in [0.05, 0.1) is 11.8 Å². The predicted octanol–water partition coefficient (Wildman–Crippen LogP) is 1.33. The summed E-state index contributed by atoms with van der Waals surface area (Å²) in [4.78, 5) is 25.4. The van der Waals surface area contributed by atoms with Crippen molar-refractivity contribution in [2.24, 2.45) is 23.7 Å². The Labute approximate surface area is 111 Å². The average Bonchev–Trinajstić information content (AvgIpc) is 2.94. The molecule has 1 saturated carbocycles. The van der Waals surface area contributed by atoms with E-state index in [0.717, 1.165) is 12.2 Å². The molecule has 0 heterocycles. The Hall–Kier alpha value is -0.970. The molecule has 2 bridgehead atoms. The van der Waals surface area contributed by atoms with Crippen molar-refractivity contribution >= 4 is 23.6 Å². The molecule has 0 aromatic rings. The number of hydrogen-bond acceptors (Lipinski definition) is 3. The summed E-state index contributed by atoms with van der Waals surface area (Å²) < 4.78 is 0. The van der Waals surface area contributed by atoms with Crippen molar-refractivity contribution in [3.8, 4) is 0 Å². The van der Waals surface area contributed by atoms with Crippen molar-refractivity contribution in [2.75, 3.05) is 25.6 Å². The number of carboxylic acid groups (broad SMARTS) is 1. The second-order valence-electron chi connectivity index (χ2n) is 5.09. The van der Waals surface area contributed by atoms with Crippen LogP contribution in [0.4, 0.5) is 0 Å². The first-order valence-electron chi connectivity index (χ1n) is 6.21. The number of thioether (sulfide) groups is 1. The first-order valence-corrected chi connectivity index (χ1v) is 7.60. The van der Waals surface area contributed by atoms with Gasteiger partial charge in [0.2, 0.25) is 5.91 Å². The van der Waals surface area contributed by atoms with Gasteiger partial charge in [-0.1, -0.05) is 12.2 Å². The normalized spacial score (nSPS) is 32.8. The molecule has 4 atom stereocenters. The van der Waals surface area contributed by atoms with Crippen LogP contribution < -0.4 is 0 Å². The maximum Gasteiger partial charge on any atom is 0.307 e. The zero-order valence-corrected chi connectivity index (χ0v) is 11.5. The molecule has 0 spiro atoms. The third-order valence-corrected chi connectivity index (χ3v) is 4.63. The molecular weight excluding hydrogens is 250 g/mol. The van der Waals surface area contributed by atoms with Gasteiger partial charge in [0.1, 0.15) is 0 Å². The summed E-state index contributed by atoms with van der Waals surface area (Å²) in [6.07, 6.45) is 6.81. The van der Waals surface area contributed by atoms with Crippen LogP contribution in [0.1, 0.15) is 6.42 Å². The number of fused-ring (bicyclic) bond motifs is 2. The number of hydrogen-bond donors (Lipinski definition) is 1. The Kier molecular flexibility index (Phi) is 4.00. The number of carbonyl (C=O) groups excluding carboxylic acids is 1. The number of allylic oxidation sites excluding steroid dienone is 2. The SMILES string of the molecule is CSCCN(C)C(=O)C1C2C=CC(C2)C1C(=O)O. The number of rotatable bonds is 5. The van der Waals surface area contributed by atoms with Crippen LogP contribution in [0.5, 0.6) is 0 Å². The molecule has 0 radical (unpaired) electrons. The summed E-state index contributed by atoms with van der Waals surface area (Å²) >= 11 is 1.69. The van der Waals surface area contributed by atoms with Gasteiger partial charge in [-0.3, -0.25) is 9.59 Å². The Bertz CT molecular complexity index is 382. The molecule has 0 aromatic carbocycles. The molecule has 5 heteroatoms. The van der Waals surface area contributed by atoms with E-state index in [4.69, 9.17) is 0 Å². The fraction of sp³-hybridized carbons (Fsp3) is 0.692.